The number of carbonyl (C=O) groups is 1. The molecule has 1 aliphatic heterocycles. The molecule has 156 valence electrons. The molecule has 0 unspecified atom stereocenters. The number of para-hydroxylation sites is 1. The minimum atomic E-state index is -0.809. The first kappa shape index (κ1) is 19.8. The van der Waals surface area contributed by atoms with Crippen molar-refractivity contribution in [2.75, 3.05) is 5.01 Å². The third-order valence-electron chi connectivity index (χ3n) is 4.81. The Morgan fingerprint density at radius 2 is 2.20 bits per heavy atom. The van der Waals surface area contributed by atoms with Gasteiger partial charge in [-0.1, -0.05) is 17.7 Å². The van der Waals surface area contributed by atoms with Crippen LogP contribution in [0.25, 0.3) is 16.7 Å². The molecule has 4 rings (SSSR count). The molecule has 0 amide bonds. The molecule has 30 heavy (non-hydrogen) atoms. The van der Waals surface area contributed by atoms with Gasteiger partial charge in [-0.15, -0.1) is 0 Å². The molecule has 0 radical (unpaired) electrons. The highest BCUT2D eigenvalue weighted by Crippen LogP contribution is 2.32. The minimum absolute atomic E-state index is 0.0582. The molecule has 0 atom stereocenters. The number of rotatable bonds is 7. The highest BCUT2D eigenvalue weighted by molar-refractivity contribution is 5.94. The molecular formula is C22H24N4O4. The van der Waals surface area contributed by atoms with E-state index in [2.05, 4.69) is 15.6 Å². The third-order valence-corrected chi connectivity index (χ3v) is 4.81. The first-order valence-electron chi connectivity index (χ1n) is 9.80. The summed E-state index contributed by atoms with van der Waals surface area (Å²) in [5.41, 5.74) is 7.41. The lowest BCUT2D eigenvalue weighted by Crippen LogP contribution is -2.27. The molecule has 0 bridgehead atoms. The highest BCUT2D eigenvalue weighted by Gasteiger charge is 2.21. The number of hydrazine groups is 1. The zero-order valence-electron chi connectivity index (χ0n) is 17.1. The van der Waals surface area contributed by atoms with Crippen LogP contribution in [0.4, 0.5) is 5.69 Å². The van der Waals surface area contributed by atoms with Crippen LogP contribution in [0.1, 0.15) is 37.0 Å². The van der Waals surface area contributed by atoms with Crippen molar-refractivity contribution in [1.82, 2.24) is 15.6 Å². The Bertz CT molecular complexity index is 1120. The van der Waals surface area contributed by atoms with Gasteiger partial charge in [-0.2, -0.15) is 0 Å². The molecule has 1 aromatic carbocycles. The highest BCUT2D eigenvalue weighted by atomic mass is 16.7. The predicted octanol–water partition coefficient (Wildman–Crippen LogP) is 3.93. The number of aromatic amines is 1. The van der Waals surface area contributed by atoms with Crippen LogP contribution in [0.5, 0.6) is 5.88 Å². The minimum Gasteiger partial charge on any atom is -0.481 e. The monoisotopic (exact) mass is 408 g/mol. The van der Waals surface area contributed by atoms with Gasteiger partial charge >= 0.3 is 5.97 Å². The van der Waals surface area contributed by atoms with Gasteiger partial charge in [0.2, 0.25) is 5.88 Å². The maximum atomic E-state index is 10.9. The number of ether oxygens (including phenoxy) is 1. The fourth-order valence-corrected chi connectivity index (χ4v) is 3.41. The van der Waals surface area contributed by atoms with E-state index in [9.17, 15) is 4.79 Å². The topological polar surface area (TPSA) is 99.7 Å². The van der Waals surface area contributed by atoms with Gasteiger partial charge < -0.3 is 19.7 Å². The lowest BCUT2D eigenvalue weighted by atomic mass is 10.1. The van der Waals surface area contributed by atoms with Crippen molar-refractivity contribution in [2.45, 2.75) is 39.7 Å². The van der Waals surface area contributed by atoms with Gasteiger partial charge in [-0.3, -0.25) is 4.79 Å². The van der Waals surface area contributed by atoms with Gasteiger partial charge in [0.25, 0.3) is 0 Å². The summed E-state index contributed by atoms with van der Waals surface area (Å²) in [4.78, 5) is 24.3. The van der Waals surface area contributed by atoms with Crippen LogP contribution in [-0.2, 0) is 16.1 Å². The Kier molecular flexibility index (Phi) is 5.33. The summed E-state index contributed by atoms with van der Waals surface area (Å²) in [5, 5.41) is 11.7. The van der Waals surface area contributed by atoms with Gasteiger partial charge in [-0.25, -0.2) is 9.99 Å². The van der Waals surface area contributed by atoms with Crippen LogP contribution in [0, 0.1) is 6.92 Å². The Morgan fingerprint density at radius 1 is 1.37 bits per heavy atom. The molecule has 0 aliphatic carbocycles. The number of carboxylic acids is 1. The first-order valence-corrected chi connectivity index (χ1v) is 9.80. The second-order valence-corrected chi connectivity index (χ2v) is 7.48. The number of aryl methyl sites for hydroxylation is 2. The fraction of sp³-hybridized carbons (Fsp3) is 0.273. The number of benzene rings is 1. The van der Waals surface area contributed by atoms with Crippen molar-refractivity contribution in [3.8, 4) is 5.88 Å². The number of nitrogens with zero attached hydrogens (tertiary/aromatic N) is 2. The van der Waals surface area contributed by atoms with E-state index in [1.54, 1.807) is 11.2 Å². The van der Waals surface area contributed by atoms with E-state index in [0.29, 0.717) is 18.1 Å². The number of anilines is 1. The summed E-state index contributed by atoms with van der Waals surface area (Å²) in [6.45, 7) is 5.88. The van der Waals surface area contributed by atoms with Crippen molar-refractivity contribution in [2.24, 2.45) is 0 Å². The number of hydrogen-bond donors (Lipinski definition) is 3. The molecule has 3 N–H and O–H groups in total. The van der Waals surface area contributed by atoms with Gasteiger partial charge in [0.15, 0.2) is 5.76 Å². The molecule has 0 fully saturated rings. The van der Waals surface area contributed by atoms with E-state index in [1.165, 1.54) is 0 Å². The van der Waals surface area contributed by atoms with E-state index in [0.717, 1.165) is 33.3 Å². The molecule has 0 saturated heterocycles. The SMILES string of the molecule is Cc1cc(C2=CN(c3cccc4c(CCC(=O)O)c[nH]c34)NO2)cnc1OC(C)C. The second-order valence-electron chi connectivity index (χ2n) is 7.48. The largest absolute Gasteiger partial charge is 0.481 e. The van der Waals surface area contributed by atoms with Crippen LogP contribution < -0.4 is 15.3 Å². The van der Waals surface area contributed by atoms with Crippen molar-refractivity contribution in [3.63, 3.8) is 0 Å². The zero-order chi connectivity index (χ0) is 21.3. The molecule has 2 aromatic heterocycles. The second kappa shape index (κ2) is 8.08. The molecule has 0 saturated carbocycles. The predicted molar refractivity (Wildman–Crippen MR) is 114 cm³/mol. The normalized spacial score (nSPS) is 13.6. The quantitative estimate of drug-likeness (QED) is 0.545. The summed E-state index contributed by atoms with van der Waals surface area (Å²) in [5.74, 6) is 0.440. The molecule has 8 nitrogen and oxygen atoms in total. The van der Waals surface area contributed by atoms with Crippen LogP contribution in [0.15, 0.2) is 42.9 Å². The number of pyridine rings is 1. The molecule has 3 heterocycles. The lowest BCUT2D eigenvalue weighted by Gasteiger charge is -2.14. The number of aliphatic carboxylic acids is 1. The standard InChI is InChI=1S/C22H24N4O4/c1-13(2)29-22-14(3)9-16(11-24-22)19-12-26(25-30-19)18-6-4-5-17-15(7-8-20(27)28)10-23-21(17)18/h4-6,9-13,23,25H,7-8H2,1-3H3,(H,27,28). The van der Waals surface area contributed by atoms with E-state index in [-0.39, 0.29) is 12.5 Å². The summed E-state index contributed by atoms with van der Waals surface area (Å²) >= 11 is 0. The summed E-state index contributed by atoms with van der Waals surface area (Å²) < 4.78 is 5.70. The van der Waals surface area contributed by atoms with E-state index in [4.69, 9.17) is 14.7 Å². The summed E-state index contributed by atoms with van der Waals surface area (Å²) in [6, 6.07) is 7.85. The maximum Gasteiger partial charge on any atom is 0.303 e. The van der Waals surface area contributed by atoms with E-state index >= 15 is 0 Å². The van der Waals surface area contributed by atoms with E-state index in [1.807, 2.05) is 57.4 Å². The van der Waals surface area contributed by atoms with E-state index < -0.39 is 5.97 Å². The molecule has 1 aliphatic rings. The molecule has 8 heteroatoms. The number of hydrogen-bond acceptors (Lipinski definition) is 6. The van der Waals surface area contributed by atoms with Crippen LogP contribution >= 0.6 is 0 Å². The fourth-order valence-electron chi connectivity index (χ4n) is 3.41. The number of aromatic nitrogens is 2. The van der Waals surface area contributed by atoms with Crippen LogP contribution in [0.2, 0.25) is 0 Å². The van der Waals surface area contributed by atoms with Crippen molar-refractivity contribution < 1.29 is 19.5 Å². The van der Waals surface area contributed by atoms with Crippen molar-refractivity contribution >= 4 is 28.3 Å². The first-order chi connectivity index (χ1) is 14.4. The Balaban J connectivity index is 1.60. The molecule has 0 spiro atoms. The number of carboxylic acid groups (broad SMARTS) is 1. The lowest BCUT2D eigenvalue weighted by molar-refractivity contribution is -0.136. The Hall–Kier alpha value is -3.52. The maximum absolute atomic E-state index is 10.9. The summed E-state index contributed by atoms with van der Waals surface area (Å²) in [7, 11) is 0. The number of H-pyrrole nitrogens is 1. The average Bonchev–Trinajstić information content (AvgIpc) is 3.34. The van der Waals surface area contributed by atoms with Gasteiger partial charge in [0, 0.05) is 35.3 Å². The number of nitrogens with one attached hydrogen (secondary N) is 2. The van der Waals surface area contributed by atoms with Gasteiger partial charge in [-0.05, 0) is 44.9 Å². The third kappa shape index (κ3) is 3.95. The average molecular weight is 408 g/mol. The van der Waals surface area contributed by atoms with Crippen LogP contribution in [0.3, 0.4) is 0 Å². The Labute approximate surface area is 174 Å². The van der Waals surface area contributed by atoms with Crippen LogP contribution in [-0.4, -0.2) is 27.1 Å². The number of fused-ring (bicyclic) bond motifs is 1. The van der Waals surface area contributed by atoms with Crippen molar-refractivity contribution in [1.29, 1.82) is 0 Å². The van der Waals surface area contributed by atoms with Gasteiger partial charge in [0.1, 0.15) is 0 Å². The molecular weight excluding hydrogens is 384 g/mol. The van der Waals surface area contributed by atoms with Crippen molar-refractivity contribution in [3.05, 3.63) is 59.5 Å². The smallest absolute Gasteiger partial charge is 0.303 e. The van der Waals surface area contributed by atoms with Gasteiger partial charge in [0.05, 0.1) is 23.5 Å². The molecule has 3 aromatic rings. The Morgan fingerprint density at radius 3 is 2.93 bits per heavy atom. The zero-order valence-corrected chi connectivity index (χ0v) is 17.1. The summed E-state index contributed by atoms with van der Waals surface area (Å²) in [6.07, 6.45) is 6.06.